The molecule has 1 fully saturated rings. The predicted molar refractivity (Wildman–Crippen MR) is 86.7 cm³/mol. The number of ether oxygens (including phenoxy) is 1. The highest BCUT2D eigenvalue weighted by atomic mass is 32.1. The van der Waals surface area contributed by atoms with E-state index in [1.807, 2.05) is 11.4 Å². The van der Waals surface area contributed by atoms with Crippen molar-refractivity contribution >= 4 is 23.2 Å². The van der Waals surface area contributed by atoms with Gasteiger partial charge in [0.05, 0.1) is 25.0 Å². The second-order valence-electron chi connectivity index (χ2n) is 5.92. The molecule has 1 aliphatic heterocycles. The zero-order valence-corrected chi connectivity index (χ0v) is 14.0. The molecule has 24 heavy (non-hydrogen) atoms. The summed E-state index contributed by atoms with van der Waals surface area (Å²) >= 11 is 1.45. The van der Waals surface area contributed by atoms with Crippen LogP contribution in [0.25, 0.3) is 10.6 Å². The van der Waals surface area contributed by atoms with Crippen LogP contribution in [0.2, 0.25) is 0 Å². The molecule has 2 aromatic rings. The molecule has 3 rings (SSSR count). The first-order valence-corrected chi connectivity index (χ1v) is 8.39. The first kappa shape index (κ1) is 16.7. The molecule has 0 aromatic carbocycles. The number of methoxy groups -OCH3 is 1. The molecule has 1 amide bonds. The molecule has 8 heteroatoms. The average Bonchev–Trinajstić information content (AvgIpc) is 3.28. The van der Waals surface area contributed by atoms with Gasteiger partial charge in [0.25, 0.3) is 0 Å². The molecule has 1 aliphatic rings. The molecular formula is C16H18N2O5S. The molecule has 7 nitrogen and oxygen atoms in total. The predicted octanol–water partition coefficient (Wildman–Crippen LogP) is 1.90. The highest BCUT2D eigenvalue weighted by Gasteiger charge is 2.46. The van der Waals surface area contributed by atoms with Crippen LogP contribution in [0, 0.1) is 5.41 Å². The third-order valence-corrected chi connectivity index (χ3v) is 5.17. The van der Waals surface area contributed by atoms with E-state index < -0.39 is 11.4 Å². The Morgan fingerprint density at radius 2 is 2.38 bits per heavy atom. The fourth-order valence-corrected chi connectivity index (χ4v) is 3.70. The minimum Gasteiger partial charge on any atom is -0.481 e. The van der Waals surface area contributed by atoms with E-state index >= 15 is 0 Å². The van der Waals surface area contributed by atoms with Gasteiger partial charge in [0.1, 0.15) is 16.7 Å². The Morgan fingerprint density at radius 3 is 3.04 bits per heavy atom. The number of thiazole rings is 1. The van der Waals surface area contributed by atoms with Crippen LogP contribution < -0.4 is 0 Å². The van der Waals surface area contributed by atoms with Gasteiger partial charge in [-0.05, 0) is 12.5 Å². The van der Waals surface area contributed by atoms with E-state index in [1.165, 1.54) is 18.4 Å². The maximum absolute atomic E-state index is 12.5. The highest BCUT2D eigenvalue weighted by molar-refractivity contribution is 7.13. The molecule has 0 bridgehead atoms. The van der Waals surface area contributed by atoms with Gasteiger partial charge >= 0.3 is 5.97 Å². The summed E-state index contributed by atoms with van der Waals surface area (Å²) in [5, 5.41) is 12.1. The van der Waals surface area contributed by atoms with E-state index in [1.54, 1.807) is 17.4 Å². The van der Waals surface area contributed by atoms with Gasteiger partial charge in [-0.1, -0.05) is 0 Å². The van der Waals surface area contributed by atoms with Crippen molar-refractivity contribution in [3.63, 3.8) is 0 Å². The molecular weight excluding hydrogens is 332 g/mol. The van der Waals surface area contributed by atoms with Crippen LogP contribution in [-0.2, 0) is 20.7 Å². The van der Waals surface area contributed by atoms with Crippen molar-refractivity contribution in [1.29, 1.82) is 0 Å². The standard InChI is InChI=1S/C16H18N2O5S/c1-22-10-16(15(20)21)3-4-18(9-16)13(19)6-12-8-24-14(17-12)11-2-5-23-7-11/h2,5,7-8H,3-4,6,9-10H2,1H3,(H,20,21). The van der Waals surface area contributed by atoms with Crippen LogP contribution in [0.5, 0.6) is 0 Å². The quantitative estimate of drug-likeness (QED) is 0.855. The second-order valence-corrected chi connectivity index (χ2v) is 6.77. The lowest BCUT2D eigenvalue weighted by atomic mass is 9.88. The van der Waals surface area contributed by atoms with Crippen molar-refractivity contribution < 1.29 is 23.8 Å². The van der Waals surface area contributed by atoms with E-state index in [9.17, 15) is 14.7 Å². The number of likely N-dealkylation sites (tertiary alicyclic amines) is 1. The SMILES string of the molecule is COCC1(C(=O)O)CCN(C(=O)Cc2csc(-c3ccoc3)n2)C1. The number of nitrogens with zero attached hydrogens (tertiary/aromatic N) is 2. The van der Waals surface area contributed by atoms with Gasteiger partial charge in [-0.25, -0.2) is 4.98 Å². The summed E-state index contributed by atoms with van der Waals surface area (Å²) in [4.78, 5) is 30.0. The molecule has 1 N–H and O–H groups in total. The Bertz CT molecular complexity index is 727. The average molecular weight is 350 g/mol. The Kier molecular flexibility index (Phi) is 4.68. The number of carbonyl (C=O) groups excluding carboxylic acids is 1. The van der Waals surface area contributed by atoms with Gasteiger partial charge in [-0.15, -0.1) is 11.3 Å². The largest absolute Gasteiger partial charge is 0.481 e. The van der Waals surface area contributed by atoms with E-state index in [0.29, 0.717) is 18.7 Å². The third-order valence-electron chi connectivity index (χ3n) is 4.23. The maximum atomic E-state index is 12.5. The Morgan fingerprint density at radius 1 is 1.54 bits per heavy atom. The van der Waals surface area contributed by atoms with Crippen molar-refractivity contribution in [1.82, 2.24) is 9.88 Å². The number of rotatable bonds is 6. The van der Waals surface area contributed by atoms with Gasteiger partial charge in [-0.3, -0.25) is 9.59 Å². The van der Waals surface area contributed by atoms with Gasteiger partial charge < -0.3 is 19.2 Å². The minimum atomic E-state index is -1.01. The summed E-state index contributed by atoms with van der Waals surface area (Å²) in [6.07, 6.45) is 3.75. The summed E-state index contributed by atoms with van der Waals surface area (Å²) in [7, 11) is 1.47. The van der Waals surface area contributed by atoms with Gasteiger partial charge in [0, 0.05) is 31.1 Å². The van der Waals surface area contributed by atoms with Crippen molar-refractivity contribution in [3.8, 4) is 10.6 Å². The smallest absolute Gasteiger partial charge is 0.313 e. The molecule has 128 valence electrons. The number of aromatic nitrogens is 1. The third kappa shape index (κ3) is 3.20. The second kappa shape index (κ2) is 6.74. The Labute approximate surface area is 142 Å². The number of carboxylic acid groups (broad SMARTS) is 1. The molecule has 0 spiro atoms. The zero-order valence-electron chi connectivity index (χ0n) is 13.2. The first-order valence-electron chi connectivity index (χ1n) is 7.51. The lowest BCUT2D eigenvalue weighted by molar-refractivity contribution is -0.151. The summed E-state index contributed by atoms with van der Waals surface area (Å²) in [6.45, 7) is 0.703. The van der Waals surface area contributed by atoms with E-state index in [-0.39, 0.29) is 25.5 Å². The van der Waals surface area contributed by atoms with E-state index in [4.69, 9.17) is 9.15 Å². The van der Waals surface area contributed by atoms with Crippen LogP contribution in [-0.4, -0.2) is 53.7 Å². The summed E-state index contributed by atoms with van der Waals surface area (Å²) < 4.78 is 10.1. The van der Waals surface area contributed by atoms with E-state index in [0.717, 1.165) is 10.6 Å². The number of furan rings is 1. The monoisotopic (exact) mass is 350 g/mol. The van der Waals surface area contributed by atoms with Crippen LogP contribution in [0.3, 0.4) is 0 Å². The molecule has 0 aliphatic carbocycles. The molecule has 1 atom stereocenters. The van der Waals surface area contributed by atoms with Gasteiger partial charge in [-0.2, -0.15) is 0 Å². The van der Waals surface area contributed by atoms with Crippen molar-refractivity contribution in [2.24, 2.45) is 5.41 Å². The van der Waals surface area contributed by atoms with E-state index in [2.05, 4.69) is 4.98 Å². The number of hydrogen-bond donors (Lipinski definition) is 1. The van der Waals surface area contributed by atoms with Crippen LogP contribution in [0.4, 0.5) is 0 Å². The van der Waals surface area contributed by atoms with Crippen LogP contribution in [0.15, 0.2) is 28.4 Å². The van der Waals surface area contributed by atoms with Crippen LogP contribution in [0.1, 0.15) is 12.1 Å². The van der Waals surface area contributed by atoms with Crippen LogP contribution >= 0.6 is 11.3 Å². The number of carboxylic acids is 1. The molecule has 3 heterocycles. The summed E-state index contributed by atoms with van der Waals surface area (Å²) in [6, 6.07) is 1.82. The lowest BCUT2D eigenvalue weighted by Crippen LogP contribution is -2.40. The Balaban J connectivity index is 1.65. The molecule has 1 unspecified atom stereocenters. The molecule has 2 aromatic heterocycles. The fraction of sp³-hybridized carbons (Fsp3) is 0.438. The summed E-state index contributed by atoms with van der Waals surface area (Å²) in [5.74, 6) is -1.03. The molecule has 0 saturated carbocycles. The number of aliphatic carboxylic acids is 1. The normalized spacial score (nSPS) is 20.5. The Hall–Kier alpha value is -2.19. The van der Waals surface area contributed by atoms with Crippen molar-refractivity contribution in [2.75, 3.05) is 26.8 Å². The summed E-state index contributed by atoms with van der Waals surface area (Å²) in [5.41, 5.74) is 0.555. The topological polar surface area (TPSA) is 92.9 Å². The number of carbonyl (C=O) groups is 2. The molecule has 1 saturated heterocycles. The lowest BCUT2D eigenvalue weighted by Gasteiger charge is -2.23. The van der Waals surface area contributed by atoms with Crippen molar-refractivity contribution in [3.05, 3.63) is 29.7 Å². The molecule has 0 radical (unpaired) electrons. The van der Waals surface area contributed by atoms with Gasteiger partial charge in [0.2, 0.25) is 5.91 Å². The minimum absolute atomic E-state index is 0.105. The number of amides is 1. The van der Waals surface area contributed by atoms with Crippen molar-refractivity contribution in [2.45, 2.75) is 12.8 Å². The highest BCUT2D eigenvalue weighted by Crippen LogP contribution is 2.32. The zero-order chi connectivity index (χ0) is 17.2. The maximum Gasteiger partial charge on any atom is 0.313 e. The first-order chi connectivity index (χ1) is 11.5. The number of hydrogen-bond acceptors (Lipinski definition) is 6. The van der Waals surface area contributed by atoms with Gasteiger partial charge in [0.15, 0.2) is 0 Å². The fourth-order valence-electron chi connectivity index (χ4n) is 2.89.